The van der Waals surface area contributed by atoms with E-state index in [9.17, 15) is 0 Å². The van der Waals surface area contributed by atoms with Gasteiger partial charge in [-0.3, -0.25) is 0 Å². The van der Waals surface area contributed by atoms with Gasteiger partial charge in [0.15, 0.2) is 0 Å². The van der Waals surface area contributed by atoms with Crippen LogP contribution < -0.4 is 5.19 Å². The largest absolute Gasteiger partial charge is 0.399 e. The highest BCUT2D eigenvalue weighted by Crippen LogP contribution is 2.12. The van der Waals surface area contributed by atoms with Gasteiger partial charge in [0.25, 0.3) is 0 Å². The molecule has 0 atom stereocenters. The fourth-order valence-electron chi connectivity index (χ4n) is 1.85. The molecule has 0 bridgehead atoms. The molecule has 0 aliphatic rings. The molecular weight excluding hydrogens is 252 g/mol. The first-order chi connectivity index (χ1) is 9.29. The third-order valence-corrected chi connectivity index (χ3v) is 5.87. The molecule has 0 fully saturated rings. The van der Waals surface area contributed by atoms with Crippen molar-refractivity contribution in [3.8, 4) is 0 Å². The molecule has 0 radical (unpaired) electrons. The van der Waals surface area contributed by atoms with E-state index in [1.165, 1.54) is 5.19 Å². The lowest BCUT2D eigenvalue weighted by molar-refractivity contribution is 0.190. The summed E-state index contributed by atoms with van der Waals surface area (Å²) in [5.74, 6) is 0. The Bertz CT molecular complexity index is 354. The van der Waals surface area contributed by atoms with Crippen LogP contribution in [-0.4, -0.2) is 21.8 Å². The van der Waals surface area contributed by atoms with Crippen molar-refractivity contribution in [3.63, 3.8) is 0 Å². The van der Waals surface area contributed by atoms with E-state index in [1.54, 1.807) is 0 Å². The summed E-state index contributed by atoms with van der Waals surface area (Å²) >= 11 is 0. The van der Waals surface area contributed by atoms with E-state index in [4.69, 9.17) is 8.85 Å². The van der Waals surface area contributed by atoms with Crippen LogP contribution in [0.5, 0.6) is 0 Å². The van der Waals surface area contributed by atoms with Gasteiger partial charge in [-0.25, -0.2) is 0 Å². The average molecular weight is 278 g/mol. The van der Waals surface area contributed by atoms with E-state index in [0.717, 1.165) is 32.5 Å². The topological polar surface area (TPSA) is 18.5 Å². The molecule has 0 heterocycles. The predicted molar refractivity (Wildman–Crippen MR) is 83.7 cm³/mol. The van der Waals surface area contributed by atoms with Crippen LogP contribution >= 0.6 is 0 Å². The standard InChI is InChI=1S/C16H26O2Si/c1-4-7-15-19(17-13-5-2,18-14-6-3)16-11-9-8-10-12-16/h7-12,15H,4-6,13-14H2,1-3H3. The molecule has 106 valence electrons. The van der Waals surface area contributed by atoms with Gasteiger partial charge < -0.3 is 8.85 Å². The predicted octanol–water partition coefficient (Wildman–Crippen LogP) is 3.69. The van der Waals surface area contributed by atoms with Crippen LogP contribution in [-0.2, 0) is 8.85 Å². The first-order valence-corrected chi connectivity index (χ1v) is 9.19. The second-order valence-corrected chi connectivity index (χ2v) is 7.36. The molecule has 0 saturated heterocycles. The zero-order chi connectivity index (χ0) is 14.0. The number of benzene rings is 1. The highest BCUT2D eigenvalue weighted by Gasteiger charge is 2.37. The quantitative estimate of drug-likeness (QED) is 0.641. The third kappa shape index (κ3) is 4.94. The minimum absolute atomic E-state index is 0.749. The maximum absolute atomic E-state index is 6.20. The molecule has 1 rings (SSSR count). The zero-order valence-electron chi connectivity index (χ0n) is 12.4. The lowest BCUT2D eigenvalue weighted by atomic mass is 10.4. The Balaban J connectivity index is 3.05. The van der Waals surface area contributed by atoms with Gasteiger partial charge in [0.05, 0.1) is 0 Å². The molecule has 3 heteroatoms. The lowest BCUT2D eigenvalue weighted by Gasteiger charge is -2.28. The van der Waals surface area contributed by atoms with E-state index >= 15 is 0 Å². The van der Waals surface area contributed by atoms with Gasteiger partial charge in [-0.05, 0) is 30.1 Å². The molecular formula is C16H26O2Si. The molecule has 0 amide bonds. The van der Waals surface area contributed by atoms with Crippen LogP contribution in [0.15, 0.2) is 42.1 Å². The van der Waals surface area contributed by atoms with E-state index < -0.39 is 8.56 Å². The van der Waals surface area contributed by atoms with Crippen molar-refractivity contribution in [3.05, 3.63) is 42.1 Å². The van der Waals surface area contributed by atoms with Gasteiger partial charge in [-0.1, -0.05) is 57.2 Å². The number of rotatable bonds is 9. The van der Waals surface area contributed by atoms with Gasteiger partial charge in [0.2, 0.25) is 0 Å². The van der Waals surface area contributed by atoms with Crippen LogP contribution in [0.3, 0.4) is 0 Å². The summed E-state index contributed by atoms with van der Waals surface area (Å²) in [5, 5.41) is 1.20. The molecule has 2 nitrogen and oxygen atoms in total. The first-order valence-electron chi connectivity index (χ1n) is 7.30. The van der Waals surface area contributed by atoms with Crippen LogP contribution in [0, 0.1) is 0 Å². The minimum atomic E-state index is -2.42. The molecule has 0 saturated carbocycles. The van der Waals surface area contributed by atoms with Crippen molar-refractivity contribution in [2.75, 3.05) is 13.2 Å². The summed E-state index contributed by atoms with van der Waals surface area (Å²) in [6.45, 7) is 7.90. The molecule has 0 aliphatic heterocycles. The molecule has 0 unspecified atom stereocenters. The van der Waals surface area contributed by atoms with Crippen molar-refractivity contribution < 1.29 is 8.85 Å². The second kappa shape index (κ2) is 9.07. The summed E-state index contributed by atoms with van der Waals surface area (Å²) in [6.07, 6.45) is 5.20. The van der Waals surface area contributed by atoms with Gasteiger partial charge in [0.1, 0.15) is 0 Å². The van der Waals surface area contributed by atoms with Crippen LogP contribution in [0.2, 0.25) is 0 Å². The Labute approximate surface area is 118 Å². The van der Waals surface area contributed by atoms with Crippen molar-refractivity contribution in [2.24, 2.45) is 0 Å². The normalized spacial score (nSPS) is 12.2. The molecule has 0 spiro atoms. The van der Waals surface area contributed by atoms with Crippen molar-refractivity contribution in [1.29, 1.82) is 0 Å². The number of hydrogen-bond acceptors (Lipinski definition) is 2. The Morgan fingerprint density at radius 3 is 2.00 bits per heavy atom. The molecule has 0 N–H and O–H groups in total. The molecule has 19 heavy (non-hydrogen) atoms. The number of allylic oxidation sites excluding steroid dienone is 1. The average Bonchev–Trinajstić information content (AvgIpc) is 2.48. The van der Waals surface area contributed by atoms with Crippen molar-refractivity contribution in [2.45, 2.75) is 40.0 Å². The molecule has 0 aromatic heterocycles. The third-order valence-electron chi connectivity index (χ3n) is 2.79. The van der Waals surface area contributed by atoms with Crippen molar-refractivity contribution >= 4 is 13.7 Å². The van der Waals surface area contributed by atoms with E-state index in [1.807, 2.05) is 6.07 Å². The zero-order valence-corrected chi connectivity index (χ0v) is 13.4. The van der Waals surface area contributed by atoms with Gasteiger partial charge in [-0.2, -0.15) is 0 Å². The summed E-state index contributed by atoms with van der Waals surface area (Å²) in [7, 11) is -2.42. The smallest absolute Gasteiger partial charge is 0.388 e. The monoisotopic (exact) mass is 278 g/mol. The summed E-state index contributed by atoms with van der Waals surface area (Å²) in [4.78, 5) is 0. The minimum Gasteiger partial charge on any atom is -0.388 e. The Morgan fingerprint density at radius 1 is 0.947 bits per heavy atom. The van der Waals surface area contributed by atoms with E-state index in [-0.39, 0.29) is 0 Å². The fraction of sp³-hybridized carbons (Fsp3) is 0.500. The second-order valence-electron chi connectivity index (χ2n) is 4.54. The lowest BCUT2D eigenvalue weighted by Crippen LogP contribution is -2.53. The van der Waals surface area contributed by atoms with Gasteiger partial charge >= 0.3 is 8.56 Å². The van der Waals surface area contributed by atoms with Gasteiger partial charge in [-0.15, -0.1) is 0 Å². The Morgan fingerprint density at radius 2 is 1.53 bits per heavy atom. The SMILES string of the molecule is CCC=C[Si](OCCC)(OCCC)c1ccccc1. The summed E-state index contributed by atoms with van der Waals surface area (Å²) in [6, 6.07) is 10.4. The number of hydrogen-bond donors (Lipinski definition) is 0. The van der Waals surface area contributed by atoms with Gasteiger partial charge in [0, 0.05) is 13.2 Å². The summed E-state index contributed by atoms with van der Waals surface area (Å²) in [5.41, 5.74) is 2.19. The van der Waals surface area contributed by atoms with Crippen LogP contribution in [0.1, 0.15) is 40.0 Å². The maximum Gasteiger partial charge on any atom is 0.399 e. The Kier molecular flexibility index (Phi) is 7.71. The van der Waals surface area contributed by atoms with Crippen LogP contribution in [0.25, 0.3) is 0 Å². The van der Waals surface area contributed by atoms with E-state index in [0.29, 0.717) is 0 Å². The molecule has 0 aliphatic carbocycles. The van der Waals surface area contributed by atoms with E-state index in [2.05, 4.69) is 56.8 Å². The fourth-order valence-corrected chi connectivity index (χ4v) is 4.87. The molecule has 1 aromatic carbocycles. The Hall–Kier alpha value is -0.903. The highest BCUT2D eigenvalue weighted by atomic mass is 28.4. The summed E-state index contributed by atoms with van der Waals surface area (Å²) < 4.78 is 12.4. The maximum atomic E-state index is 6.20. The van der Waals surface area contributed by atoms with Crippen LogP contribution in [0.4, 0.5) is 0 Å². The molecule has 1 aromatic rings. The highest BCUT2D eigenvalue weighted by molar-refractivity contribution is 6.85. The van der Waals surface area contributed by atoms with Crippen molar-refractivity contribution in [1.82, 2.24) is 0 Å². The first kappa shape index (κ1) is 16.2.